The van der Waals surface area contributed by atoms with Gasteiger partial charge in [0.15, 0.2) is 10.3 Å². The van der Waals surface area contributed by atoms with Crippen LogP contribution in [0.3, 0.4) is 0 Å². The Hall–Kier alpha value is -0.350. The monoisotopic (exact) mass is 376 g/mol. The average Bonchev–Trinajstić information content (AvgIpc) is 2.35. The van der Waals surface area contributed by atoms with Gasteiger partial charge < -0.3 is 9.47 Å². The largest absolute Gasteiger partial charge is 0.467 e. The Bertz CT molecular complexity index is 363. The standard InChI is InChI=1S/C11H15ClF6O3S/c1-20-7(11(16,17)18)3-4-9(12,8(19)21-2)22-6-5-10(13,14)15/h7H,3-6H2,1-2H3. The molecule has 22 heavy (non-hydrogen) atoms. The highest BCUT2D eigenvalue weighted by atomic mass is 35.5. The third-order valence-electron chi connectivity index (χ3n) is 2.58. The van der Waals surface area contributed by atoms with Gasteiger partial charge in [0.1, 0.15) is 0 Å². The van der Waals surface area contributed by atoms with Gasteiger partial charge in [-0.1, -0.05) is 11.6 Å². The first kappa shape index (κ1) is 21.6. The van der Waals surface area contributed by atoms with E-state index in [1.165, 1.54) is 0 Å². The maximum absolute atomic E-state index is 12.5. The van der Waals surface area contributed by atoms with Crippen molar-refractivity contribution in [1.82, 2.24) is 0 Å². The Balaban J connectivity index is 4.79. The van der Waals surface area contributed by atoms with E-state index in [9.17, 15) is 31.1 Å². The average molecular weight is 377 g/mol. The molecule has 0 spiro atoms. The highest BCUT2D eigenvalue weighted by molar-refractivity contribution is 8.02. The number of thioether (sulfide) groups is 1. The third-order valence-corrected chi connectivity index (χ3v) is 4.49. The molecule has 0 saturated carbocycles. The number of hydrogen-bond acceptors (Lipinski definition) is 4. The highest BCUT2D eigenvalue weighted by Gasteiger charge is 2.45. The quantitative estimate of drug-likeness (QED) is 0.362. The Morgan fingerprint density at radius 2 is 1.68 bits per heavy atom. The molecule has 0 fully saturated rings. The van der Waals surface area contributed by atoms with Gasteiger partial charge in [-0.15, -0.1) is 11.8 Å². The van der Waals surface area contributed by atoms with Gasteiger partial charge >= 0.3 is 18.3 Å². The van der Waals surface area contributed by atoms with Crippen LogP contribution in [0.4, 0.5) is 26.3 Å². The molecule has 0 aliphatic rings. The number of esters is 1. The van der Waals surface area contributed by atoms with Crippen molar-refractivity contribution >= 4 is 29.3 Å². The van der Waals surface area contributed by atoms with Crippen LogP contribution < -0.4 is 0 Å². The molecular formula is C11H15ClF6O3S. The SMILES string of the molecule is COC(=O)C(Cl)(CCC(OC)C(F)(F)F)SCCC(F)(F)F. The number of halogens is 7. The van der Waals surface area contributed by atoms with E-state index in [4.69, 9.17) is 11.6 Å². The minimum absolute atomic E-state index is 0.395. The van der Waals surface area contributed by atoms with Crippen molar-refractivity contribution in [1.29, 1.82) is 0 Å². The van der Waals surface area contributed by atoms with Crippen molar-refractivity contribution in [2.45, 2.75) is 41.9 Å². The lowest BCUT2D eigenvalue weighted by Crippen LogP contribution is -2.36. The van der Waals surface area contributed by atoms with E-state index in [-0.39, 0.29) is 0 Å². The first-order chi connectivity index (χ1) is 9.85. The molecule has 0 saturated heterocycles. The molecule has 2 unspecified atom stereocenters. The van der Waals surface area contributed by atoms with E-state index in [0.717, 1.165) is 14.2 Å². The summed E-state index contributed by atoms with van der Waals surface area (Å²) in [5, 5.41) is 0. The van der Waals surface area contributed by atoms with Crippen LogP contribution in [0.25, 0.3) is 0 Å². The van der Waals surface area contributed by atoms with Crippen LogP contribution in [0.15, 0.2) is 0 Å². The van der Waals surface area contributed by atoms with Gasteiger partial charge in [0.05, 0.1) is 13.5 Å². The van der Waals surface area contributed by atoms with Gasteiger partial charge in [0.25, 0.3) is 0 Å². The van der Waals surface area contributed by atoms with Gasteiger partial charge in [0, 0.05) is 12.9 Å². The fraction of sp³-hybridized carbons (Fsp3) is 0.909. The molecule has 11 heteroatoms. The van der Waals surface area contributed by atoms with E-state index < -0.39 is 53.6 Å². The van der Waals surface area contributed by atoms with E-state index >= 15 is 0 Å². The van der Waals surface area contributed by atoms with Gasteiger partial charge in [-0.3, -0.25) is 0 Å². The van der Waals surface area contributed by atoms with Crippen LogP contribution in [-0.2, 0) is 14.3 Å². The molecule has 0 aliphatic heterocycles. The minimum atomic E-state index is -4.67. The molecule has 0 aromatic heterocycles. The van der Waals surface area contributed by atoms with Gasteiger partial charge in [-0.05, 0) is 12.8 Å². The van der Waals surface area contributed by atoms with Crippen molar-refractivity contribution in [3.8, 4) is 0 Å². The molecule has 0 aromatic rings. The van der Waals surface area contributed by atoms with Crippen molar-refractivity contribution < 1.29 is 40.6 Å². The lowest BCUT2D eigenvalue weighted by Gasteiger charge is -2.26. The molecule has 0 amide bonds. The molecule has 0 heterocycles. The molecule has 0 bridgehead atoms. The number of carbonyl (C=O) groups excluding carboxylic acids is 1. The Labute approximate surface area is 132 Å². The van der Waals surface area contributed by atoms with Crippen LogP contribution in [0.5, 0.6) is 0 Å². The third kappa shape index (κ3) is 7.77. The van der Waals surface area contributed by atoms with Crippen molar-refractivity contribution in [3.05, 3.63) is 0 Å². The topological polar surface area (TPSA) is 35.5 Å². The number of ether oxygens (including phenoxy) is 2. The normalized spacial score (nSPS) is 17.0. The van der Waals surface area contributed by atoms with E-state index in [2.05, 4.69) is 9.47 Å². The van der Waals surface area contributed by atoms with E-state index in [1.54, 1.807) is 0 Å². The van der Waals surface area contributed by atoms with Crippen molar-refractivity contribution in [3.63, 3.8) is 0 Å². The summed E-state index contributed by atoms with van der Waals surface area (Å²) >= 11 is 6.26. The molecule has 0 aliphatic carbocycles. The zero-order valence-corrected chi connectivity index (χ0v) is 13.3. The Morgan fingerprint density at radius 1 is 1.14 bits per heavy atom. The fourth-order valence-electron chi connectivity index (χ4n) is 1.45. The summed E-state index contributed by atoms with van der Waals surface area (Å²) in [4.78, 5) is 11.6. The highest BCUT2D eigenvalue weighted by Crippen LogP contribution is 2.40. The molecule has 3 nitrogen and oxygen atoms in total. The number of rotatable bonds is 8. The zero-order chi connectivity index (χ0) is 17.6. The molecular weight excluding hydrogens is 362 g/mol. The van der Waals surface area contributed by atoms with Gasteiger partial charge in [0.2, 0.25) is 0 Å². The first-order valence-corrected chi connectivity index (χ1v) is 7.29. The number of carbonyl (C=O) groups is 1. The first-order valence-electron chi connectivity index (χ1n) is 5.93. The number of alkyl halides is 7. The number of methoxy groups -OCH3 is 2. The molecule has 132 valence electrons. The molecule has 0 rings (SSSR count). The van der Waals surface area contributed by atoms with Crippen LogP contribution in [0.2, 0.25) is 0 Å². The Morgan fingerprint density at radius 3 is 2.05 bits per heavy atom. The van der Waals surface area contributed by atoms with Crippen LogP contribution in [0, 0.1) is 0 Å². The summed E-state index contributed by atoms with van der Waals surface area (Å²) < 4.78 is 80.5. The molecule has 2 atom stereocenters. The lowest BCUT2D eigenvalue weighted by atomic mass is 10.1. The minimum Gasteiger partial charge on any atom is -0.467 e. The number of hydrogen-bond donors (Lipinski definition) is 0. The maximum atomic E-state index is 12.5. The molecule has 0 radical (unpaired) electrons. The lowest BCUT2D eigenvalue weighted by molar-refractivity contribution is -0.214. The molecule has 0 aromatic carbocycles. The second kappa shape index (κ2) is 8.49. The smallest absolute Gasteiger partial charge is 0.414 e. The van der Waals surface area contributed by atoms with Crippen molar-refractivity contribution in [2.75, 3.05) is 20.0 Å². The summed E-state index contributed by atoms with van der Waals surface area (Å²) in [5.74, 6) is -1.68. The van der Waals surface area contributed by atoms with E-state index in [0.29, 0.717) is 11.8 Å². The fourth-order valence-corrected chi connectivity index (χ4v) is 2.98. The van der Waals surface area contributed by atoms with Crippen LogP contribution in [0.1, 0.15) is 19.3 Å². The predicted octanol–water partition coefficient (Wildman–Crippen LogP) is 4.14. The second-order valence-electron chi connectivity index (χ2n) is 4.24. The Kier molecular flexibility index (Phi) is 8.35. The summed E-state index contributed by atoms with van der Waals surface area (Å²) in [6.45, 7) is 0. The summed E-state index contributed by atoms with van der Waals surface area (Å²) in [6, 6.07) is 0. The van der Waals surface area contributed by atoms with Crippen LogP contribution >= 0.6 is 23.4 Å². The van der Waals surface area contributed by atoms with Crippen molar-refractivity contribution in [2.24, 2.45) is 0 Å². The van der Waals surface area contributed by atoms with Gasteiger partial charge in [-0.2, -0.15) is 26.3 Å². The predicted molar refractivity (Wildman–Crippen MR) is 69.8 cm³/mol. The van der Waals surface area contributed by atoms with Crippen LogP contribution in [-0.4, -0.2) is 48.6 Å². The second-order valence-corrected chi connectivity index (χ2v) is 6.50. The summed E-state index contributed by atoms with van der Waals surface area (Å²) in [6.07, 6.45) is -13.8. The van der Waals surface area contributed by atoms with Gasteiger partial charge in [-0.25, -0.2) is 4.79 Å². The summed E-state index contributed by atoms with van der Waals surface area (Å²) in [7, 11) is 1.78. The summed E-state index contributed by atoms with van der Waals surface area (Å²) in [5.41, 5.74) is 0. The molecule has 0 N–H and O–H groups in total. The zero-order valence-electron chi connectivity index (χ0n) is 11.7. The van der Waals surface area contributed by atoms with E-state index in [1.807, 2.05) is 0 Å². The maximum Gasteiger partial charge on any atom is 0.414 e.